The highest BCUT2D eigenvalue weighted by molar-refractivity contribution is 5.75. The molecule has 4 aliphatic heterocycles. The number of hydrogen-bond acceptors (Lipinski definition) is 12. The average Bonchev–Trinajstić information content (AvgIpc) is 3.68. The number of nitriles is 1. The molecule has 0 radical (unpaired) electrons. The molecule has 50 heavy (non-hydrogen) atoms. The Morgan fingerprint density at radius 2 is 1.72 bits per heavy atom. The fourth-order valence-electron chi connectivity index (χ4n) is 10.3. The highest BCUT2D eigenvalue weighted by atomic mass is 16.6. The summed E-state index contributed by atoms with van der Waals surface area (Å²) in [6, 6.07) is 10.4. The van der Waals surface area contributed by atoms with Crippen LogP contribution in [0.15, 0.2) is 18.2 Å². The number of nitrogens with one attached hydrogen (secondary N) is 4. The Morgan fingerprint density at radius 3 is 2.42 bits per heavy atom. The number of rotatable bonds is 10. The third kappa shape index (κ3) is 6.45. The summed E-state index contributed by atoms with van der Waals surface area (Å²) < 4.78 is 6.55. The molecule has 276 valence electrons. The van der Waals surface area contributed by atoms with E-state index in [1.165, 1.54) is 38.5 Å². The molecule has 1 aromatic rings. The summed E-state index contributed by atoms with van der Waals surface area (Å²) in [5, 5.41) is 47.0. The SMILES string of the molecule is CC(C)N(C[C@H]1O[C@@H](N2CNC3C(N)N(C4CCCCCC4)CNC32)[C@H](O)[C@@H]1O)C1CC(CCC2Nc3ccc(C4(C#N)CCC4)cc3N2)C1. The second-order valence-electron chi connectivity index (χ2n) is 16.9. The number of ether oxygens (including phenoxy) is 1. The van der Waals surface area contributed by atoms with Crippen molar-refractivity contribution in [1.29, 1.82) is 5.26 Å². The summed E-state index contributed by atoms with van der Waals surface area (Å²) >= 11 is 0. The van der Waals surface area contributed by atoms with Crippen LogP contribution in [0.1, 0.15) is 103 Å². The summed E-state index contributed by atoms with van der Waals surface area (Å²) in [4.78, 5) is 7.07. The molecule has 4 heterocycles. The van der Waals surface area contributed by atoms with Crippen molar-refractivity contribution in [3.05, 3.63) is 23.8 Å². The van der Waals surface area contributed by atoms with Crippen molar-refractivity contribution < 1.29 is 14.9 Å². The molecule has 8 atom stereocenters. The van der Waals surface area contributed by atoms with Gasteiger partial charge in [-0.25, -0.2) is 4.90 Å². The molecule has 3 aliphatic carbocycles. The van der Waals surface area contributed by atoms with Gasteiger partial charge in [-0.05, 0) is 95.2 Å². The summed E-state index contributed by atoms with van der Waals surface area (Å²) in [5.41, 5.74) is 10.0. The second-order valence-corrected chi connectivity index (χ2v) is 16.9. The molecule has 0 aromatic heterocycles. The minimum Gasteiger partial charge on any atom is -0.387 e. The Morgan fingerprint density at radius 1 is 0.980 bits per heavy atom. The Balaban J connectivity index is 0.814. The van der Waals surface area contributed by atoms with Crippen LogP contribution in [0.3, 0.4) is 0 Å². The van der Waals surface area contributed by atoms with E-state index in [4.69, 9.17) is 10.5 Å². The first-order valence-electron chi connectivity index (χ1n) is 19.8. The van der Waals surface area contributed by atoms with Crippen molar-refractivity contribution in [1.82, 2.24) is 25.3 Å². The molecule has 0 amide bonds. The quantitative estimate of drug-likeness (QED) is 0.180. The van der Waals surface area contributed by atoms with Crippen LogP contribution in [0.5, 0.6) is 0 Å². The fourth-order valence-corrected chi connectivity index (χ4v) is 10.3. The van der Waals surface area contributed by atoms with Crippen LogP contribution in [0.4, 0.5) is 11.4 Å². The van der Waals surface area contributed by atoms with E-state index >= 15 is 0 Å². The highest BCUT2D eigenvalue weighted by Crippen LogP contribution is 2.46. The largest absolute Gasteiger partial charge is 0.387 e. The van der Waals surface area contributed by atoms with E-state index in [1.807, 2.05) is 0 Å². The third-order valence-corrected chi connectivity index (χ3v) is 13.6. The minimum atomic E-state index is -0.979. The van der Waals surface area contributed by atoms with Crippen LogP contribution in [0, 0.1) is 17.2 Å². The van der Waals surface area contributed by atoms with Gasteiger partial charge in [-0.3, -0.25) is 20.4 Å². The summed E-state index contributed by atoms with van der Waals surface area (Å²) in [6.07, 6.45) is 12.2. The normalized spacial score (nSPS) is 38.8. The number of aliphatic hydroxyl groups is 2. The lowest BCUT2D eigenvalue weighted by molar-refractivity contribution is -0.118. The van der Waals surface area contributed by atoms with Crippen molar-refractivity contribution in [3.8, 4) is 6.07 Å². The van der Waals surface area contributed by atoms with Gasteiger partial charge in [0.1, 0.15) is 24.5 Å². The van der Waals surface area contributed by atoms with E-state index in [-0.39, 0.29) is 30.0 Å². The monoisotopic (exact) mass is 691 g/mol. The minimum absolute atomic E-state index is 0.0299. The van der Waals surface area contributed by atoms with Crippen LogP contribution in [0.25, 0.3) is 0 Å². The Bertz CT molecular complexity index is 1370. The predicted molar refractivity (Wildman–Crippen MR) is 194 cm³/mol. The number of anilines is 2. The van der Waals surface area contributed by atoms with Gasteiger partial charge in [0.05, 0.1) is 60.7 Å². The molecule has 12 nitrogen and oxygen atoms in total. The molecule has 1 aromatic carbocycles. The maximum Gasteiger partial charge on any atom is 0.142 e. The van der Waals surface area contributed by atoms with Gasteiger partial charge >= 0.3 is 0 Å². The number of benzene rings is 1. The molecule has 6 fully saturated rings. The predicted octanol–water partition coefficient (Wildman–Crippen LogP) is 2.94. The van der Waals surface area contributed by atoms with Gasteiger partial charge in [-0.1, -0.05) is 31.7 Å². The first-order valence-corrected chi connectivity index (χ1v) is 19.8. The molecule has 3 saturated heterocycles. The fraction of sp³-hybridized carbons (Fsp3) is 0.816. The van der Waals surface area contributed by atoms with Crippen LogP contribution in [-0.2, 0) is 10.2 Å². The lowest BCUT2D eigenvalue weighted by atomic mass is 9.65. The van der Waals surface area contributed by atoms with Gasteiger partial charge in [0, 0.05) is 24.7 Å². The van der Waals surface area contributed by atoms with E-state index in [9.17, 15) is 15.5 Å². The Hall–Kier alpha value is -2.05. The standard InChI is InChI=1S/C38H61N9O3/c1-23(2)45(27-16-24(17-27)10-13-31-43-28-12-11-25(18-29(28)44-31)38(20-39)14-7-15-38)19-30-33(48)34(49)37(50-30)47-21-41-32-35(40)46(22-42-36(32)47)26-8-5-3-4-6-9-26/h11-12,18,23-24,26-27,30-37,41-44,48-49H,3-10,13-17,19,21-22,40H2,1-2H3/t24?,27?,30-,31?,32?,33-,34-,35?,36?,37-/m1/s1. The smallest absolute Gasteiger partial charge is 0.142 e. The molecule has 0 spiro atoms. The highest BCUT2D eigenvalue weighted by Gasteiger charge is 2.53. The molecule has 0 bridgehead atoms. The summed E-state index contributed by atoms with van der Waals surface area (Å²) in [7, 11) is 0. The van der Waals surface area contributed by atoms with Crippen molar-refractivity contribution in [3.63, 3.8) is 0 Å². The van der Waals surface area contributed by atoms with Gasteiger partial charge < -0.3 is 31.3 Å². The Labute approximate surface area is 298 Å². The molecule has 7 aliphatic rings. The molecule has 8 rings (SSSR count). The second kappa shape index (κ2) is 14.4. The number of hydrogen-bond donors (Lipinski definition) is 7. The van der Waals surface area contributed by atoms with E-state index in [1.54, 1.807) is 0 Å². The van der Waals surface area contributed by atoms with Gasteiger partial charge in [-0.2, -0.15) is 5.26 Å². The van der Waals surface area contributed by atoms with Gasteiger partial charge in [0.2, 0.25) is 0 Å². The topological polar surface area (TPSA) is 157 Å². The van der Waals surface area contributed by atoms with Crippen molar-refractivity contribution in [2.75, 3.05) is 30.5 Å². The maximum atomic E-state index is 11.3. The van der Waals surface area contributed by atoms with Crippen molar-refractivity contribution >= 4 is 11.4 Å². The Kier molecular flexibility index (Phi) is 10.1. The molecule has 8 N–H and O–H groups in total. The van der Waals surface area contributed by atoms with Gasteiger partial charge in [0.15, 0.2) is 0 Å². The average molecular weight is 692 g/mol. The first kappa shape index (κ1) is 35.0. The molecule has 12 heteroatoms. The summed E-state index contributed by atoms with van der Waals surface area (Å²) in [5.74, 6) is 0.667. The third-order valence-electron chi connectivity index (χ3n) is 13.6. The van der Waals surface area contributed by atoms with Crippen LogP contribution in [0.2, 0.25) is 0 Å². The zero-order valence-corrected chi connectivity index (χ0v) is 30.1. The summed E-state index contributed by atoms with van der Waals surface area (Å²) in [6.45, 7) is 6.35. The molecule has 3 saturated carbocycles. The zero-order chi connectivity index (χ0) is 34.6. The number of nitrogens with zero attached hydrogens (tertiary/aromatic N) is 4. The molecular weight excluding hydrogens is 630 g/mol. The molecular formula is C38H61N9O3. The lowest BCUT2D eigenvalue weighted by Gasteiger charge is -2.47. The van der Waals surface area contributed by atoms with Crippen molar-refractivity contribution in [2.24, 2.45) is 11.7 Å². The molecule has 4 unspecified atom stereocenters. The number of aliphatic hydroxyl groups excluding tert-OH is 2. The number of nitrogens with two attached hydrogens (primary N) is 1. The van der Waals surface area contributed by atoms with Crippen LogP contribution < -0.4 is 27.0 Å². The van der Waals surface area contributed by atoms with Crippen LogP contribution in [-0.4, -0.2) is 112 Å². The number of fused-ring (bicyclic) bond motifs is 2. The van der Waals surface area contributed by atoms with Crippen molar-refractivity contribution in [2.45, 2.75) is 170 Å². The lowest BCUT2D eigenvalue weighted by Crippen LogP contribution is -2.71. The van der Waals surface area contributed by atoms with Gasteiger partial charge in [-0.15, -0.1) is 0 Å². The van der Waals surface area contributed by atoms with Gasteiger partial charge in [0.25, 0.3) is 0 Å². The van der Waals surface area contributed by atoms with E-state index in [0.717, 1.165) is 68.6 Å². The van der Waals surface area contributed by atoms with Crippen LogP contribution >= 0.6 is 0 Å². The van der Waals surface area contributed by atoms with E-state index in [0.29, 0.717) is 37.3 Å². The van der Waals surface area contributed by atoms with E-state index in [2.05, 4.69) is 74.1 Å². The zero-order valence-electron chi connectivity index (χ0n) is 30.1. The van der Waals surface area contributed by atoms with E-state index < -0.39 is 24.5 Å². The first-order chi connectivity index (χ1) is 24.2. The maximum absolute atomic E-state index is 11.3.